The van der Waals surface area contributed by atoms with Crippen molar-refractivity contribution in [3.05, 3.63) is 30.1 Å². The number of hydrogen-bond acceptors (Lipinski definition) is 4. The first-order valence-electron chi connectivity index (χ1n) is 8.93. The van der Waals surface area contributed by atoms with E-state index in [9.17, 15) is 9.59 Å². The molecule has 3 saturated heterocycles. The molecule has 3 aliphatic rings. The van der Waals surface area contributed by atoms with E-state index in [1.807, 2.05) is 23.1 Å². The summed E-state index contributed by atoms with van der Waals surface area (Å²) in [6.07, 6.45) is 5.32. The Morgan fingerprint density at radius 2 is 2.08 bits per heavy atom. The van der Waals surface area contributed by atoms with Gasteiger partial charge in [-0.1, -0.05) is 6.07 Å². The van der Waals surface area contributed by atoms with Gasteiger partial charge < -0.3 is 15.5 Å². The van der Waals surface area contributed by atoms with Gasteiger partial charge in [0.15, 0.2) is 0 Å². The summed E-state index contributed by atoms with van der Waals surface area (Å²) in [7, 11) is 0. The second-order valence-electron chi connectivity index (χ2n) is 7.16. The molecular weight excluding hydrogens is 375 g/mol. The van der Waals surface area contributed by atoms with Crippen LogP contribution in [-0.2, 0) is 16.1 Å². The van der Waals surface area contributed by atoms with Crippen molar-refractivity contribution in [1.82, 2.24) is 20.5 Å². The molecule has 0 saturated carbocycles. The Kier molecular flexibility index (Phi) is 7.26. The largest absolute Gasteiger partial charge is 0.349 e. The summed E-state index contributed by atoms with van der Waals surface area (Å²) in [6.45, 7) is 2.19. The molecule has 4 heterocycles. The summed E-state index contributed by atoms with van der Waals surface area (Å²) in [5, 5.41) is 6.47. The first-order valence-corrected chi connectivity index (χ1v) is 8.93. The quantitative estimate of drug-likeness (QED) is 0.806. The Hall–Kier alpha value is -1.37. The van der Waals surface area contributed by atoms with E-state index in [-0.39, 0.29) is 54.6 Å². The van der Waals surface area contributed by atoms with E-state index in [4.69, 9.17) is 0 Å². The zero-order valence-corrected chi connectivity index (χ0v) is 16.2. The van der Waals surface area contributed by atoms with Crippen molar-refractivity contribution in [3.63, 3.8) is 0 Å². The van der Waals surface area contributed by atoms with Crippen molar-refractivity contribution in [2.75, 3.05) is 13.1 Å². The fourth-order valence-electron chi connectivity index (χ4n) is 4.64. The number of carbonyl (C=O) groups excluding carboxylic acids is 2. The van der Waals surface area contributed by atoms with Gasteiger partial charge in [-0.3, -0.25) is 14.6 Å². The highest BCUT2D eigenvalue weighted by Gasteiger charge is 2.50. The monoisotopic (exact) mass is 400 g/mol. The molecule has 0 aromatic carbocycles. The summed E-state index contributed by atoms with van der Waals surface area (Å²) in [5.41, 5.74) is 0.836. The molecule has 8 heteroatoms. The number of amides is 2. The van der Waals surface area contributed by atoms with Crippen LogP contribution in [-0.4, -0.2) is 46.9 Å². The maximum Gasteiger partial charge on any atom is 0.243 e. The van der Waals surface area contributed by atoms with Gasteiger partial charge in [0, 0.05) is 31.1 Å². The Morgan fingerprint density at radius 3 is 2.85 bits per heavy atom. The highest BCUT2D eigenvalue weighted by atomic mass is 35.5. The van der Waals surface area contributed by atoms with Crippen LogP contribution in [0.1, 0.15) is 31.4 Å². The van der Waals surface area contributed by atoms with E-state index < -0.39 is 0 Å². The smallest absolute Gasteiger partial charge is 0.243 e. The number of nitrogens with zero attached hydrogens (tertiary/aromatic N) is 2. The number of fused-ring (bicyclic) bond motifs is 4. The Balaban J connectivity index is 0.00000121. The van der Waals surface area contributed by atoms with E-state index in [1.165, 1.54) is 0 Å². The van der Waals surface area contributed by atoms with Crippen LogP contribution in [0.5, 0.6) is 0 Å². The second-order valence-corrected chi connectivity index (χ2v) is 7.16. The van der Waals surface area contributed by atoms with Gasteiger partial charge in [0.1, 0.15) is 6.04 Å². The van der Waals surface area contributed by atoms with Crippen LogP contribution in [0.25, 0.3) is 0 Å². The molecule has 0 unspecified atom stereocenters. The van der Waals surface area contributed by atoms with Crippen LogP contribution >= 0.6 is 24.8 Å². The van der Waals surface area contributed by atoms with E-state index in [1.54, 1.807) is 6.20 Å². The average Bonchev–Trinajstić information content (AvgIpc) is 2.62. The van der Waals surface area contributed by atoms with E-state index >= 15 is 0 Å². The van der Waals surface area contributed by atoms with Crippen molar-refractivity contribution in [2.45, 2.75) is 44.3 Å². The Bertz CT molecular complexity index is 631. The number of piperidine rings is 3. The molecule has 2 N–H and O–H groups in total. The van der Waals surface area contributed by atoms with Gasteiger partial charge in [-0.05, 0) is 43.9 Å². The summed E-state index contributed by atoms with van der Waals surface area (Å²) in [4.78, 5) is 31.6. The van der Waals surface area contributed by atoms with Crippen molar-refractivity contribution in [1.29, 1.82) is 0 Å². The maximum atomic E-state index is 12.9. The predicted molar refractivity (Wildman–Crippen MR) is 103 cm³/mol. The number of pyridine rings is 1. The van der Waals surface area contributed by atoms with Crippen LogP contribution < -0.4 is 10.6 Å². The molecule has 1 aromatic heterocycles. The summed E-state index contributed by atoms with van der Waals surface area (Å²) >= 11 is 0. The standard InChI is InChI=1S/C18H24N4O2.2ClH/c23-16-6-3-5-15-12-8-13(10-19-9-12)17(22(15)16)18(24)21-11-14-4-1-2-7-20-14;;/h1-2,4,7,12-13,15,17,19H,3,5-6,8-11H2,(H,21,24);2*1H/t12-,13+,15+,17-;;/m1../s1. The summed E-state index contributed by atoms with van der Waals surface area (Å²) in [6, 6.07) is 5.55. The fraction of sp³-hybridized carbons (Fsp3) is 0.611. The topological polar surface area (TPSA) is 74.3 Å². The minimum Gasteiger partial charge on any atom is -0.349 e. The minimum atomic E-state index is -0.337. The molecule has 3 aliphatic heterocycles. The third-order valence-electron chi connectivity index (χ3n) is 5.68. The molecule has 0 spiro atoms. The molecule has 144 valence electrons. The molecule has 1 aromatic rings. The maximum absolute atomic E-state index is 12.9. The van der Waals surface area contributed by atoms with Crippen molar-refractivity contribution in [2.24, 2.45) is 11.8 Å². The molecule has 26 heavy (non-hydrogen) atoms. The highest BCUT2D eigenvalue weighted by Crippen LogP contribution is 2.39. The third-order valence-corrected chi connectivity index (χ3v) is 5.68. The molecule has 2 amide bonds. The molecule has 0 aliphatic carbocycles. The van der Waals surface area contributed by atoms with E-state index in [0.717, 1.165) is 38.0 Å². The average molecular weight is 401 g/mol. The molecule has 0 radical (unpaired) electrons. The van der Waals surface area contributed by atoms with E-state index in [0.29, 0.717) is 18.9 Å². The molecule has 6 nitrogen and oxygen atoms in total. The van der Waals surface area contributed by atoms with E-state index in [2.05, 4.69) is 15.6 Å². The lowest BCUT2D eigenvalue weighted by Gasteiger charge is -2.53. The number of rotatable bonds is 3. The second kappa shape index (κ2) is 9.02. The Labute approximate surface area is 166 Å². The van der Waals surface area contributed by atoms with Crippen LogP contribution in [0.2, 0.25) is 0 Å². The number of nitrogens with one attached hydrogen (secondary N) is 2. The van der Waals surface area contributed by atoms with Gasteiger partial charge in [0.25, 0.3) is 0 Å². The summed E-state index contributed by atoms with van der Waals surface area (Å²) < 4.78 is 0. The van der Waals surface area contributed by atoms with Crippen LogP contribution in [0.3, 0.4) is 0 Å². The third kappa shape index (κ3) is 3.97. The lowest BCUT2D eigenvalue weighted by Crippen LogP contribution is -2.67. The number of aromatic nitrogens is 1. The SMILES string of the molecule is Cl.Cl.O=C(NCc1ccccn1)[C@H]1[C@@H]2CNC[C@@H](C2)[C@@H]2CCCC(=O)N21. The molecule has 2 bridgehead atoms. The number of carbonyl (C=O) groups is 2. The molecule has 4 rings (SSSR count). The minimum absolute atomic E-state index is 0. The van der Waals surface area contributed by atoms with Gasteiger partial charge >= 0.3 is 0 Å². The molecule has 4 atom stereocenters. The normalized spacial score (nSPS) is 29.7. The highest BCUT2D eigenvalue weighted by molar-refractivity contribution is 5.89. The van der Waals surface area contributed by atoms with Gasteiger partial charge in [0.05, 0.1) is 12.2 Å². The van der Waals surface area contributed by atoms with Crippen LogP contribution in [0, 0.1) is 11.8 Å². The zero-order valence-electron chi connectivity index (χ0n) is 14.6. The van der Waals surface area contributed by atoms with Gasteiger partial charge in [0.2, 0.25) is 11.8 Å². The van der Waals surface area contributed by atoms with Crippen molar-refractivity contribution in [3.8, 4) is 0 Å². The van der Waals surface area contributed by atoms with Gasteiger partial charge in [-0.2, -0.15) is 0 Å². The van der Waals surface area contributed by atoms with Crippen molar-refractivity contribution < 1.29 is 9.59 Å². The Morgan fingerprint density at radius 1 is 1.27 bits per heavy atom. The van der Waals surface area contributed by atoms with Gasteiger partial charge in [-0.15, -0.1) is 24.8 Å². The lowest BCUT2D eigenvalue weighted by molar-refractivity contribution is -0.157. The molecule has 3 fully saturated rings. The fourth-order valence-corrected chi connectivity index (χ4v) is 4.64. The number of hydrogen-bond donors (Lipinski definition) is 2. The lowest BCUT2D eigenvalue weighted by atomic mass is 9.72. The first-order chi connectivity index (χ1) is 11.7. The zero-order chi connectivity index (χ0) is 16.5. The number of halogens is 2. The van der Waals surface area contributed by atoms with Crippen LogP contribution in [0.4, 0.5) is 0 Å². The summed E-state index contributed by atoms with van der Waals surface area (Å²) in [5.74, 6) is 0.826. The first kappa shape index (κ1) is 20.9. The van der Waals surface area contributed by atoms with Gasteiger partial charge in [-0.25, -0.2) is 0 Å². The van der Waals surface area contributed by atoms with Crippen molar-refractivity contribution >= 4 is 36.6 Å². The predicted octanol–water partition coefficient (Wildman–Crippen LogP) is 1.53. The van der Waals surface area contributed by atoms with Crippen LogP contribution in [0.15, 0.2) is 24.4 Å². The molecular formula is C18H26Cl2N4O2.